The summed E-state index contributed by atoms with van der Waals surface area (Å²) >= 11 is 12.0. The van der Waals surface area contributed by atoms with Gasteiger partial charge in [0.25, 0.3) is 0 Å². The number of nitrogen functional groups attached to an aromatic ring is 1. The maximum Gasteiger partial charge on any atom is 0.0638 e. The second-order valence-corrected chi connectivity index (χ2v) is 6.70. The minimum Gasteiger partial charge on any atom is -0.397 e. The van der Waals surface area contributed by atoms with E-state index in [0.717, 1.165) is 49.6 Å². The molecule has 0 saturated carbocycles. The molecule has 1 aliphatic heterocycles. The summed E-state index contributed by atoms with van der Waals surface area (Å²) in [5.74, 6) is 0. The summed E-state index contributed by atoms with van der Waals surface area (Å²) in [5, 5.41) is 1.47. The van der Waals surface area contributed by atoms with E-state index in [2.05, 4.69) is 23.1 Å². The molecule has 22 heavy (non-hydrogen) atoms. The monoisotopic (exact) mass is 334 g/mol. The molecule has 0 fully saturated rings. The Kier molecular flexibility index (Phi) is 4.92. The van der Waals surface area contributed by atoms with Crippen molar-refractivity contribution in [1.29, 1.82) is 0 Å². The first-order chi connectivity index (χ1) is 10.6. The first kappa shape index (κ1) is 15.7. The van der Waals surface area contributed by atoms with E-state index in [1.54, 1.807) is 0 Å². The molecule has 0 atom stereocenters. The molecule has 0 radical (unpaired) electrons. The summed E-state index contributed by atoms with van der Waals surface area (Å²) in [6, 6.07) is 12.2. The highest BCUT2D eigenvalue weighted by Crippen LogP contribution is 2.30. The molecule has 0 spiro atoms. The number of rotatable bonds is 4. The van der Waals surface area contributed by atoms with Gasteiger partial charge in [0.15, 0.2) is 0 Å². The van der Waals surface area contributed by atoms with Crippen molar-refractivity contribution in [3.8, 4) is 0 Å². The zero-order chi connectivity index (χ0) is 15.5. The van der Waals surface area contributed by atoms with E-state index in [1.807, 2.05) is 18.2 Å². The SMILES string of the molecule is Nc1c(Cl)ccc2c1CCN(CCCc1ccc(Cl)cc1)C2. The van der Waals surface area contributed by atoms with E-state index in [0.29, 0.717) is 5.02 Å². The van der Waals surface area contributed by atoms with Crippen LogP contribution in [0, 0.1) is 0 Å². The molecule has 2 aromatic carbocycles. The van der Waals surface area contributed by atoms with Crippen molar-refractivity contribution in [3.63, 3.8) is 0 Å². The van der Waals surface area contributed by atoms with Crippen molar-refractivity contribution in [2.24, 2.45) is 0 Å². The lowest BCUT2D eigenvalue weighted by Gasteiger charge is -2.29. The second-order valence-electron chi connectivity index (χ2n) is 5.85. The minimum atomic E-state index is 0.676. The Morgan fingerprint density at radius 3 is 2.59 bits per heavy atom. The molecule has 0 unspecified atom stereocenters. The number of nitrogens with zero attached hydrogens (tertiary/aromatic N) is 1. The molecule has 4 heteroatoms. The van der Waals surface area contributed by atoms with E-state index < -0.39 is 0 Å². The fourth-order valence-electron chi connectivity index (χ4n) is 3.06. The molecule has 0 aromatic heterocycles. The third-order valence-electron chi connectivity index (χ3n) is 4.33. The van der Waals surface area contributed by atoms with Gasteiger partial charge in [-0.05, 0) is 60.7 Å². The van der Waals surface area contributed by atoms with Crippen LogP contribution in [0.25, 0.3) is 0 Å². The summed E-state index contributed by atoms with van der Waals surface area (Å²) in [6.07, 6.45) is 3.23. The van der Waals surface area contributed by atoms with E-state index in [9.17, 15) is 0 Å². The molecule has 1 heterocycles. The van der Waals surface area contributed by atoms with Gasteiger partial charge in [0.1, 0.15) is 0 Å². The van der Waals surface area contributed by atoms with Gasteiger partial charge in [0.2, 0.25) is 0 Å². The average molecular weight is 335 g/mol. The van der Waals surface area contributed by atoms with Crippen LogP contribution < -0.4 is 5.73 Å². The Morgan fingerprint density at radius 1 is 1.05 bits per heavy atom. The van der Waals surface area contributed by atoms with Gasteiger partial charge >= 0.3 is 0 Å². The summed E-state index contributed by atoms with van der Waals surface area (Å²) in [7, 11) is 0. The Bertz CT molecular complexity index is 653. The van der Waals surface area contributed by atoms with Crippen molar-refractivity contribution < 1.29 is 0 Å². The lowest BCUT2D eigenvalue weighted by Crippen LogP contribution is -2.32. The highest BCUT2D eigenvalue weighted by Gasteiger charge is 2.18. The van der Waals surface area contributed by atoms with Gasteiger partial charge in [-0.1, -0.05) is 41.4 Å². The molecular weight excluding hydrogens is 315 g/mol. The molecule has 3 rings (SSSR count). The number of hydrogen-bond acceptors (Lipinski definition) is 2. The van der Waals surface area contributed by atoms with E-state index in [1.165, 1.54) is 16.7 Å². The standard InChI is InChI=1S/C18H20Cl2N2/c19-15-6-3-13(4-7-15)2-1-10-22-11-9-16-14(12-22)5-8-17(20)18(16)21/h3-8H,1-2,9-12,21H2. The number of nitrogens with two attached hydrogens (primary N) is 1. The smallest absolute Gasteiger partial charge is 0.0638 e. The summed E-state index contributed by atoms with van der Waals surface area (Å²) in [4.78, 5) is 2.49. The van der Waals surface area contributed by atoms with Gasteiger partial charge in [-0.25, -0.2) is 0 Å². The van der Waals surface area contributed by atoms with Gasteiger partial charge in [-0.2, -0.15) is 0 Å². The summed E-state index contributed by atoms with van der Waals surface area (Å²) in [6.45, 7) is 3.13. The van der Waals surface area contributed by atoms with Crippen LogP contribution in [-0.2, 0) is 19.4 Å². The van der Waals surface area contributed by atoms with Crippen molar-refractivity contribution in [3.05, 3.63) is 63.1 Å². The molecular formula is C18H20Cl2N2. The Morgan fingerprint density at radius 2 is 1.82 bits per heavy atom. The summed E-state index contributed by atoms with van der Waals surface area (Å²) < 4.78 is 0. The number of anilines is 1. The third-order valence-corrected chi connectivity index (χ3v) is 4.91. The zero-order valence-corrected chi connectivity index (χ0v) is 14.0. The van der Waals surface area contributed by atoms with Crippen LogP contribution in [0.3, 0.4) is 0 Å². The first-order valence-corrected chi connectivity index (χ1v) is 8.41. The molecule has 2 aromatic rings. The fraction of sp³-hybridized carbons (Fsp3) is 0.333. The molecule has 0 amide bonds. The fourth-order valence-corrected chi connectivity index (χ4v) is 3.37. The Hall–Kier alpha value is -1.22. The van der Waals surface area contributed by atoms with Crippen LogP contribution in [0.15, 0.2) is 36.4 Å². The number of halogens is 2. The predicted octanol–water partition coefficient (Wildman–Crippen LogP) is 4.57. The quantitative estimate of drug-likeness (QED) is 0.830. The van der Waals surface area contributed by atoms with Crippen LogP contribution in [0.2, 0.25) is 10.0 Å². The van der Waals surface area contributed by atoms with Crippen molar-refractivity contribution >= 4 is 28.9 Å². The largest absolute Gasteiger partial charge is 0.397 e. The molecule has 2 N–H and O–H groups in total. The van der Waals surface area contributed by atoms with Crippen LogP contribution in [0.1, 0.15) is 23.1 Å². The molecule has 0 saturated heterocycles. The number of benzene rings is 2. The van der Waals surface area contributed by atoms with Gasteiger partial charge in [-0.15, -0.1) is 0 Å². The van der Waals surface area contributed by atoms with E-state index >= 15 is 0 Å². The zero-order valence-electron chi connectivity index (χ0n) is 12.5. The Labute approximate surface area is 141 Å². The predicted molar refractivity (Wildman–Crippen MR) is 94.6 cm³/mol. The van der Waals surface area contributed by atoms with Crippen LogP contribution in [0.5, 0.6) is 0 Å². The first-order valence-electron chi connectivity index (χ1n) is 7.66. The highest BCUT2D eigenvalue weighted by atomic mass is 35.5. The summed E-state index contributed by atoms with van der Waals surface area (Å²) in [5.41, 5.74) is 10.7. The number of fused-ring (bicyclic) bond motifs is 1. The third kappa shape index (κ3) is 3.57. The topological polar surface area (TPSA) is 29.3 Å². The van der Waals surface area contributed by atoms with E-state index in [-0.39, 0.29) is 0 Å². The van der Waals surface area contributed by atoms with Gasteiger partial charge in [0, 0.05) is 18.1 Å². The van der Waals surface area contributed by atoms with Gasteiger partial charge in [-0.3, -0.25) is 4.90 Å². The van der Waals surface area contributed by atoms with Gasteiger partial charge in [0.05, 0.1) is 10.7 Å². The van der Waals surface area contributed by atoms with Crippen LogP contribution >= 0.6 is 23.2 Å². The molecule has 2 nitrogen and oxygen atoms in total. The molecule has 0 bridgehead atoms. The maximum absolute atomic E-state index is 6.10. The second kappa shape index (κ2) is 6.91. The number of hydrogen-bond donors (Lipinski definition) is 1. The normalized spacial score (nSPS) is 14.8. The molecule has 0 aliphatic carbocycles. The Balaban J connectivity index is 1.54. The highest BCUT2D eigenvalue weighted by molar-refractivity contribution is 6.33. The minimum absolute atomic E-state index is 0.676. The van der Waals surface area contributed by atoms with Crippen molar-refractivity contribution in [1.82, 2.24) is 4.90 Å². The maximum atomic E-state index is 6.10. The lowest BCUT2D eigenvalue weighted by atomic mass is 9.97. The lowest BCUT2D eigenvalue weighted by molar-refractivity contribution is 0.251. The van der Waals surface area contributed by atoms with E-state index in [4.69, 9.17) is 28.9 Å². The van der Waals surface area contributed by atoms with Crippen molar-refractivity contribution in [2.45, 2.75) is 25.8 Å². The molecule has 116 valence electrons. The average Bonchev–Trinajstić information content (AvgIpc) is 2.53. The van der Waals surface area contributed by atoms with Crippen LogP contribution in [0.4, 0.5) is 5.69 Å². The van der Waals surface area contributed by atoms with Gasteiger partial charge < -0.3 is 5.73 Å². The number of aryl methyl sites for hydroxylation is 1. The van der Waals surface area contributed by atoms with Crippen molar-refractivity contribution in [2.75, 3.05) is 18.8 Å². The molecule has 1 aliphatic rings. The van der Waals surface area contributed by atoms with Crippen LogP contribution in [-0.4, -0.2) is 18.0 Å².